The lowest BCUT2D eigenvalue weighted by Crippen LogP contribution is -2.39. The number of para-hydroxylation sites is 1. The fourth-order valence-corrected chi connectivity index (χ4v) is 4.64. The zero-order valence-electron chi connectivity index (χ0n) is 21.4. The quantitative estimate of drug-likeness (QED) is 0.377. The Morgan fingerprint density at radius 2 is 1.86 bits per heavy atom. The zero-order chi connectivity index (χ0) is 25.4. The molecule has 194 valence electrons. The summed E-state index contributed by atoms with van der Waals surface area (Å²) in [4.78, 5) is 6.67. The summed E-state index contributed by atoms with van der Waals surface area (Å²) in [5.74, 6) is 2.35. The maximum absolute atomic E-state index is 14.0. The van der Waals surface area contributed by atoms with Crippen molar-refractivity contribution in [2.45, 2.75) is 44.9 Å². The molecule has 1 atom stereocenters. The van der Waals surface area contributed by atoms with E-state index >= 15 is 0 Å². The van der Waals surface area contributed by atoms with Crippen LogP contribution in [-0.4, -0.2) is 60.6 Å². The van der Waals surface area contributed by atoms with E-state index in [-0.39, 0.29) is 11.6 Å². The van der Waals surface area contributed by atoms with Crippen LogP contribution in [0.4, 0.5) is 4.39 Å². The van der Waals surface area contributed by atoms with Crippen LogP contribution in [-0.2, 0) is 17.8 Å². The number of rotatable bonds is 11. The smallest absolute Gasteiger partial charge is 0.165 e. The fourth-order valence-electron chi connectivity index (χ4n) is 4.64. The lowest BCUT2D eigenvalue weighted by atomic mass is 9.95. The molecule has 36 heavy (non-hydrogen) atoms. The summed E-state index contributed by atoms with van der Waals surface area (Å²) in [6, 6.07) is 12.6. The van der Waals surface area contributed by atoms with Gasteiger partial charge in [-0.25, -0.2) is 9.37 Å². The largest absolute Gasteiger partial charge is 0.493 e. The molecule has 1 fully saturated rings. The summed E-state index contributed by atoms with van der Waals surface area (Å²) >= 11 is 0. The van der Waals surface area contributed by atoms with Gasteiger partial charge in [-0.15, -0.1) is 0 Å². The van der Waals surface area contributed by atoms with Crippen molar-refractivity contribution in [3.63, 3.8) is 0 Å². The molecule has 1 aromatic heterocycles. The SMILES string of the molecule is COc1ccc(CN2CCC[C@](COc3ccccc3F)(OC)CC2)cc1OCCn1ccnc1C. The normalized spacial score (nSPS) is 18.6. The third-order valence-corrected chi connectivity index (χ3v) is 6.90. The Labute approximate surface area is 212 Å². The highest BCUT2D eigenvalue weighted by Gasteiger charge is 2.34. The van der Waals surface area contributed by atoms with Crippen LogP contribution in [0.2, 0.25) is 0 Å². The van der Waals surface area contributed by atoms with Crippen molar-refractivity contribution in [2.75, 3.05) is 40.5 Å². The predicted octanol–water partition coefficient (Wildman–Crippen LogP) is 4.87. The minimum absolute atomic E-state index is 0.268. The van der Waals surface area contributed by atoms with Crippen LogP contribution in [0.1, 0.15) is 30.7 Å². The average molecular weight is 498 g/mol. The van der Waals surface area contributed by atoms with Gasteiger partial charge in [-0.3, -0.25) is 4.90 Å². The van der Waals surface area contributed by atoms with Crippen LogP contribution in [0.25, 0.3) is 0 Å². The molecule has 1 aliphatic heterocycles. The van der Waals surface area contributed by atoms with Gasteiger partial charge in [0, 0.05) is 32.6 Å². The van der Waals surface area contributed by atoms with Crippen LogP contribution < -0.4 is 14.2 Å². The van der Waals surface area contributed by atoms with E-state index in [2.05, 4.69) is 26.6 Å². The van der Waals surface area contributed by atoms with E-state index in [1.54, 1.807) is 38.6 Å². The molecular weight excluding hydrogens is 461 g/mol. The van der Waals surface area contributed by atoms with Crippen molar-refractivity contribution in [2.24, 2.45) is 0 Å². The minimum Gasteiger partial charge on any atom is -0.493 e. The molecule has 8 heteroatoms. The first-order chi connectivity index (χ1) is 17.5. The van der Waals surface area contributed by atoms with Gasteiger partial charge in [0.1, 0.15) is 24.6 Å². The number of aromatic nitrogens is 2. The maximum atomic E-state index is 14.0. The molecule has 2 heterocycles. The van der Waals surface area contributed by atoms with Crippen LogP contribution in [0.3, 0.4) is 0 Å². The van der Waals surface area contributed by atoms with Gasteiger partial charge >= 0.3 is 0 Å². The van der Waals surface area contributed by atoms with Gasteiger partial charge in [0.15, 0.2) is 23.1 Å². The summed E-state index contributed by atoms with van der Waals surface area (Å²) in [6.45, 7) is 6.17. The molecule has 0 unspecified atom stereocenters. The number of halogens is 1. The summed E-state index contributed by atoms with van der Waals surface area (Å²) in [5, 5.41) is 0. The van der Waals surface area contributed by atoms with Gasteiger partial charge in [0.2, 0.25) is 0 Å². The van der Waals surface area contributed by atoms with Crippen LogP contribution in [0.5, 0.6) is 17.2 Å². The Kier molecular flexibility index (Phi) is 8.83. The summed E-state index contributed by atoms with van der Waals surface area (Å²) < 4.78 is 39.5. The second-order valence-electron chi connectivity index (χ2n) is 9.24. The predicted molar refractivity (Wildman–Crippen MR) is 136 cm³/mol. The average Bonchev–Trinajstić information content (AvgIpc) is 3.19. The van der Waals surface area contributed by atoms with E-state index in [9.17, 15) is 4.39 Å². The molecular formula is C28H36FN3O4. The van der Waals surface area contributed by atoms with Gasteiger partial charge in [-0.05, 0) is 62.6 Å². The number of methoxy groups -OCH3 is 2. The molecule has 0 bridgehead atoms. The highest BCUT2D eigenvalue weighted by Crippen LogP contribution is 2.31. The molecule has 0 spiro atoms. The molecule has 7 nitrogen and oxygen atoms in total. The van der Waals surface area contributed by atoms with Gasteiger partial charge < -0.3 is 23.5 Å². The molecule has 0 radical (unpaired) electrons. The maximum Gasteiger partial charge on any atom is 0.165 e. The van der Waals surface area contributed by atoms with Gasteiger partial charge in [0.25, 0.3) is 0 Å². The standard InChI is InChI=1S/C28H36FN3O4/c1-22-30-13-16-32(22)17-18-35-27-19-23(9-10-26(27)33-2)20-31-14-6-11-28(34-3,12-15-31)21-36-25-8-5-4-7-24(25)29/h4-5,7-10,13,16,19H,6,11-12,14-15,17-18,20-21H2,1-3H3/t28-/m0/s1. The summed E-state index contributed by atoms with van der Waals surface area (Å²) in [7, 11) is 3.38. The first-order valence-corrected chi connectivity index (χ1v) is 12.4. The highest BCUT2D eigenvalue weighted by molar-refractivity contribution is 5.43. The molecule has 0 saturated carbocycles. The molecule has 1 saturated heterocycles. The second-order valence-corrected chi connectivity index (χ2v) is 9.24. The summed E-state index contributed by atoms with van der Waals surface area (Å²) in [6.07, 6.45) is 6.38. The third-order valence-electron chi connectivity index (χ3n) is 6.90. The minimum atomic E-state index is -0.434. The molecule has 1 aliphatic rings. The van der Waals surface area contributed by atoms with Gasteiger partial charge in [0.05, 0.1) is 13.7 Å². The van der Waals surface area contributed by atoms with Crippen LogP contribution in [0.15, 0.2) is 54.9 Å². The highest BCUT2D eigenvalue weighted by atomic mass is 19.1. The Bertz CT molecular complexity index is 1120. The van der Waals surface area contributed by atoms with E-state index in [0.717, 1.165) is 68.3 Å². The Morgan fingerprint density at radius 1 is 1.00 bits per heavy atom. The fraction of sp³-hybridized carbons (Fsp3) is 0.464. The molecule has 2 aromatic carbocycles. The second kappa shape index (κ2) is 12.2. The van der Waals surface area contributed by atoms with E-state index in [0.29, 0.717) is 13.2 Å². The van der Waals surface area contributed by atoms with E-state index < -0.39 is 5.60 Å². The first kappa shape index (κ1) is 26.0. The Balaban J connectivity index is 1.35. The number of imidazole rings is 1. The number of benzene rings is 2. The number of nitrogens with zero attached hydrogens (tertiary/aromatic N) is 3. The number of hydrogen-bond donors (Lipinski definition) is 0. The number of likely N-dealkylation sites (tertiary alicyclic amines) is 1. The molecule has 4 rings (SSSR count). The van der Waals surface area contributed by atoms with E-state index in [1.165, 1.54) is 6.07 Å². The lowest BCUT2D eigenvalue weighted by molar-refractivity contribution is -0.0548. The Hall–Kier alpha value is -3.10. The molecule has 0 N–H and O–H groups in total. The molecule has 3 aromatic rings. The lowest BCUT2D eigenvalue weighted by Gasteiger charge is -2.31. The number of hydrogen-bond acceptors (Lipinski definition) is 6. The number of ether oxygens (including phenoxy) is 4. The van der Waals surface area contributed by atoms with Crippen molar-refractivity contribution in [1.29, 1.82) is 0 Å². The number of aryl methyl sites for hydroxylation is 1. The first-order valence-electron chi connectivity index (χ1n) is 12.4. The third kappa shape index (κ3) is 6.56. The van der Waals surface area contributed by atoms with Crippen LogP contribution >= 0.6 is 0 Å². The molecule has 0 amide bonds. The topological polar surface area (TPSA) is 58.0 Å². The van der Waals surface area contributed by atoms with Crippen molar-refractivity contribution in [1.82, 2.24) is 14.5 Å². The van der Waals surface area contributed by atoms with Crippen molar-refractivity contribution in [3.8, 4) is 17.2 Å². The van der Waals surface area contributed by atoms with Crippen molar-refractivity contribution >= 4 is 0 Å². The van der Waals surface area contributed by atoms with Gasteiger partial charge in [-0.2, -0.15) is 0 Å². The van der Waals surface area contributed by atoms with Crippen LogP contribution in [0, 0.1) is 12.7 Å². The Morgan fingerprint density at radius 3 is 2.61 bits per heavy atom. The molecule has 0 aliphatic carbocycles. The van der Waals surface area contributed by atoms with Crippen molar-refractivity contribution < 1.29 is 23.3 Å². The van der Waals surface area contributed by atoms with E-state index in [4.69, 9.17) is 18.9 Å². The van der Waals surface area contributed by atoms with Crippen molar-refractivity contribution in [3.05, 3.63) is 72.1 Å². The monoisotopic (exact) mass is 497 g/mol. The summed E-state index contributed by atoms with van der Waals surface area (Å²) in [5.41, 5.74) is 0.730. The van der Waals surface area contributed by atoms with Gasteiger partial charge in [-0.1, -0.05) is 18.2 Å². The zero-order valence-corrected chi connectivity index (χ0v) is 21.4. The van der Waals surface area contributed by atoms with E-state index in [1.807, 2.05) is 19.2 Å².